The van der Waals surface area contributed by atoms with E-state index in [0.29, 0.717) is 5.28 Å². The summed E-state index contributed by atoms with van der Waals surface area (Å²) in [6.45, 7) is 8.40. The first-order chi connectivity index (χ1) is 8.65. The van der Waals surface area contributed by atoms with Crippen LogP contribution in [0.5, 0.6) is 0 Å². The summed E-state index contributed by atoms with van der Waals surface area (Å²) in [5.74, 6) is 0.977. The fraction of sp³-hybridized carbons (Fsp3) is 0.538. The monoisotopic (exact) mass is 283 g/mol. The van der Waals surface area contributed by atoms with Crippen LogP contribution in [-0.2, 0) is 0 Å². The van der Waals surface area contributed by atoms with Gasteiger partial charge in [-0.15, -0.1) is 11.3 Å². The molecule has 0 saturated heterocycles. The molecule has 0 bridgehead atoms. The SMILES string of the molecule is CCCCN(CC)c1nc(Cl)nc2sc(C)cc12. The number of thiophene rings is 1. The molecule has 0 radical (unpaired) electrons. The van der Waals surface area contributed by atoms with Crippen molar-refractivity contribution < 1.29 is 0 Å². The van der Waals surface area contributed by atoms with E-state index in [1.807, 2.05) is 0 Å². The number of anilines is 1. The summed E-state index contributed by atoms with van der Waals surface area (Å²) < 4.78 is 0. The standard InChI is InChI=1S/C13H18ClN3S/c1-4-6-7-17(5-2)11-10-8-9(3)18-12(10)16-13(14)15-11/h8H,4-7H2,1-3H3. The van der Waals surface area contributed by atoms with Gasteiger partial charge in [-0.1, -0.05) is 13.3 Å². The molecule has 0 amide bonds. The van der Waals surface area contributed by atoms with Crippen LogP contribution in [-0.4, -0.2) is 23.1 Å². The Morgan fingerprint density at radius 2 is 2.11 bits per heavy atom. The average Bonchev–Trinajstić information content (AvgIpc) is 2.70. The number of halogens is 1. The van der Waals surface area contributed by atoms with E-state index in [2.05, 4.69) is 41.7 Å². The molecule has 0 aromatic carbocycles. The van der Waals surface area contributed by atoms with Crippen LogP contribution < -0.4 is 4.90 Å². The molecule has 0 N–H and O–H groups in total. The van der Waals surface area contributed by atoms with E-state index in [9.17, 15) is 0 Å². The Kier molecular flexibility index (Phi) is 4.40. The van der Waals surface area contributed by atoms with Crippen LogP contribution in [0.2, 0.25) is 5.28 Å². The zero-order valence-corrected chi connectivity index (χ0v) is 12.6. The Hall–Kier alpha value is -0.870. The summed E-state index contributed by atoms with van der Waals surface area (Å²) >= 11 is 7.70. The molecule has 3 nitrogen and oxygen atoms in total. The van der Waals surface area contributed by atoms with Crippen LogP contribution in [0.3, 0.4) is 0 Å². The number of aromatic nitrogens is 2. The van der Waals surface area contributed by atoms with Crippen molar-refractivity contribution in [3.05, 3.63) is 16.2 Å². The molecule has 5 heteroatoms. The van der Waals surface area contributed by atoms with Crippen LogP contribution in [0.25, 0.3) is 10.2 Å². The molecule has 0 aliphatic carbocycles. The van der Waals surface area contributed by atoms with E-state index >= 15 is 0 Å². The minimum absolute atomic E-state index is 0.342. The fourth-order valence-electron chi connectivity index (χ4n) is 2.01. The van der Waals surface area contributed by atoms with Gasteiger partial charge in [0.05, 0.1) is 5.39 Å². The van der Waals surface area contributed by atoms with E-state index < -0.39 is 0 Å². The zero-order valence-electron chi connectivity index (χ0n) is 11.0. The van der Waals surface area contributed by atoms with Gasteiger partial charge in [0.1, 0.15) is 10.6 Å². The van der Waals surface area contributed by atoms with Crippen molar-refractivity contribution in [2.75, 3.05) is 18.0 Å². The van der Waals surface area contributed by atoms with Crippen LogP contribution in [0.4, 0.5) is 5.82 Å². The maximum absolute atomic E-state index is 6.03. The number of aryl methyl sites for hydroxylation is 1. The first-order valence-corrected chi connectivity index (χ1v) is 7.53. The van der Waals surface area contributed by atoms with Gasteiger partial charge in [-0.05, 0) is 37.9 Å². The molecule has 0 aliphatic rings. The first kappa shape index (κ1) is 13.6. The highest BCUT2D eigenvalue weighted by Crippen LogP contribution is 2.31. The van der Waals surface area contributed by atoms with E-state index in [0.717, 1.165) is 29.1 Å². The number of hydrogen-bond acceptors (Lipinski definition) is 4. The summed E-state index contributed by atoms with van der Waals surface area (Å²) in [5, 5.41) is 1.47. The Labute approximate surface area is 117 Å². The topological polar surface area (TPSA) is 29.0 Å². The van der Waals surface area contributed by atoms with E-state index in [4.69, 9.17) is 11.6 Å². The van der Waals surface area contributed by atoms with Gasteiger partial charge in [0.2, 0.25) is 5.28 Å². The Balaban J connectivity index is 2.46. The quantitative estimate of drug-likeness (QED) is 0.767. The Bertz CT molecular complexity index is 538. The third kappa shape index (κ3) is 2.75. The second-order valence-corrected chi connectivity index (χ2v) is 5.90. The van der Waals surface area contributed by atoms with Gasteiger partial charge in [-0.3, -0.25) is 0 Å². The lowest BCUT2D eigenvalue weighted by atomic mass is 10.2. The van der Waals surface area contributed by atoms with E-state index in [-0.39, 0.29) is 0 Å². The molecule has 98 valence electrons. The lowest BCUT2D eigenvalue weighted by Gasteiger charge is -2.22. The molecule has 0 spiro atoms. The van der Waals surface area contributed by atoms with Gasteiger partial charge < -0.3 is 4.90 Å². The highest BCUT2D eigenvalue weighted by atomic mass is 35.5. The molecule has 0 saturated carbocycles. The van der Waals surface area contributed by atoms with Gasteiger partial charge in [0.25, 0.3) is 0 Å². The molecule has 2 rings (SSSR count). The van der Waals surface area contributed by atoms with Gasteiger partial charge in [0.15, 0.2) is 0 Å². The number of hydrogen-bond donors (Lipinski definition) is 0. The molecule has 2 aromatic rings. The van der Waals surface area contributed by atoms with Crippen LogP contribution in [0.15, 0.2) is 6.07 Å². The van der Waals surface area contributed by atoms with E-state index in [1.54, 1.807) is 11.3 Å². The minimum atomic E-state index is 0.342. The van der Waals surface area contributed by atoms with Crippen molar-refractivity contribution in [3.8, 4) is 0 Å². The molecule has 0 aliphatic heterocycles. The smallest absolute Gasteiger partial charge is 0.225 e. The summed E-state index contributed by atoms with van der Waals surface area (Å²) in [6, 6.07) is 2.15. The van der Waals surface area contributed by atoms with Crippen molar-refractivity contribution in [3.63, 3.8) is 0 Å². The van der Waals surface area contributed by atoms with Gasteiger partial charge >= 0.3 is 0 Å². The summed E-state index contributed by atoms with van der Waals surface area (Å²) in [6.07, 6.45) is 2.35. The first-order valence-electron chi connectivity index (χ1n) is 6.34. The Morgan fingerprint density at radius 1 is 1.33 bits per heavy atom. The predicted molar refractivity (Wildman–Crippen MR) is 80.0 cm³/mol. The molecule has 18 heavy (non-hydrogen) atoms. The second kappa shape index (κ2) is 5.85. The third-order valence-corrected chi connectivity index (χ3v) is 4.04. The highest BCUT2D eigenvalue weighted by Gasteiger charge is 2.14. The molecular formula is C13H18ClN3S. The molecule has 0 unspecified atom stereocenters. The summed E-state index contributed by atoms with van der Waals surface area (Å²) in [5.41, 5.74) is 0. The Morgan fingerprint density at radius 3 is 2.78 bits per heavy atom. The van der Waals surface area contributed by atoms with Crippen molar-refractivity contribution in [2.24, 2.45) is 0 Å². The normalized spacial score (nSPS) is 11.1. The van der Waals surface area contributed by atoms with Gasteiger partial charge in [-0.25, -0.2) is 4.98 Å². The third-order valence-electron chi connectivity index (χ3n) is 2.93. The number of fused-ring (bicyclic) bond motifs is 1. The van der Waals surface area contributed by atoms with Crippen LogP contribution in [0, 0.1) is 6.92 Å². The van der Waals surface area contributed by atoms with E-state index in [1.165, 1.54) is 17.7 Å². The van der Waals surface area contributed by atoms with Crippen molar-refractivity contribution in [1.29, 1.82) is 0 Å². The number of unbranched alkanes of at least 4 members (excludes halogenated alkanes) is 1. The van der Waals surface area contributed by atoms with Gasteiger partial charge in [-0.2, -0.15) is 4.98 Å². The molecule has 0 fully saturated rings. The van der Waals surface area contributed by atoms with Crippen LogP contribution >= 0.6 is 22.9 Å². The molecule has 2 heterocycles. The maximum Gasteiger partial charge on any atom is 0.225 e. The zero-order chi connectivity index (χ0) is 13.1. The van der Waals surface area contributed by atoms with Crippen molar-refractivity contribution >= 4 is 39.0 Å². The molecule has 0 atom stereocenters. The number of nitrogens with zero attached hydrogens (tertiary/aromatic N) is 3. The molecular weight excluding hydrogens is 266 g/mol. The average molecular weight is 284 g/mol. The lowest BCUT2D eigenvalue weighted by Crippen LogP contribution is -2.25. The minimum Gasteiger partial charge on any atom is -0.356 e. The summed E-state index contributed by atoms with van der Waals surface area (Å²) in [4.78, 5) is 13.2. The number of rotatable bonds is 5. The molecule has 2 aromatic heterocycles. The van der Waals surface area contributed by atoms with Crippen LogP contribution in [0.1, 0.15) is 31.6 Å². The van der Waals surface area contributed by atoms with Crippen molar-refractivity contribution in [1.82, 2.24) is 9.97 Å². The summed E-state index contributed by atoms with van der Waals surface area (Å²) in [7, 11) is 0. The van der Waals surface area contributed by atoms with Gasteiger partial charge in [0, 0.05) is 18.0 Å². The second-order valence-electron chi connectivity index (χ2n) is 4.33. The predicted octanol–water partition coefficient (Wildman–Crippen LogP) is 4.28. The lowest BCUT2D eigenvalue weighted by molar-refractivity contribution is 0.726. The van der Waals surface area contributed by atoms with Crippen molar-refractivity contribution in [2.45, 2.75) is 33.6 Å². The highest BCUT2D eigenvalue weighted by molar-refractivity contribution is 7.18. The fourth-order valence-corrected chi connectivity index (χ4v) is 3.09. The maximum atomic E-state index is 6.03. The largest absolute Gasteiger partial charge is 0.356 e.